The second-order valence-electron chi connectivity index (χ2n) is 5.39. The molecule has 0 aliphatic heterocycles. The summed E-state index contributed by atoms with van der Waals surface area (Å²) in [5.41, 5.74) is 0.372. The zero-order chi connectivity index (χ0) is 13.8. The molecule has 19 heavy (non-hydrogen) atoms. The first-order chi connectivity index (χ1) is 9.11. The Morgan fingerprint density at radius 2 is 2.11 bits per heavy atom. The number of nitrogens with zero attached hydrogens (tertiary/aromatic N) is 2. The van der Waals surface area contributed by atoms with Gasteiger partial charge in [-0.3, -0.25) is 9.78 Å². The Balaban J connectivity index is 2.03. The molecule has 1 fully saturated rings. The van der Waals surface area contributed by atoms with Crippen LogP contribution in [0.1, 0.15) is 43.6 Å². The molecule has 2 rings (SSSR count). The molecule has 0 saturated heterocycles. The topological polar surface area (TPSA) is 66.9 Å². The average Bonchev–Trinajstić information content (AvgIpc) is 2.44. The molecule has 5 nitrogen and oxygen atoms in total. The molecule has 3 unspecified atom stereocenters. The summed E-state index contributed by atoms with van der Waals surface area (Å²) in [4.78, 5) is 20.4. The van der Waals surface area contributed by atoms with Crippen LogP contribution in [0, 0.1) is 11.8 Å². The fraction of sp³-hybridized carbons (Fsp3) is 0.643. The molecule has 104 valence electrons. The lowest BCUT2D eigenvalue weighted by molar-refractivity contribution is 0.0885. The molecule has 1 aliphatic carbocycles. The van der Waals surface area contributed by atoms with Crippen molar-refractivity contribution in [3.05, 3.63) is 18.1 Å². The molecule has 1 aliphatic rings. The van der Waals surface area contributed by atoms with Gasteiger partial charge in [0.1, 0.15) is 11.5 Å². The van der Waals surface area contributed by atoms with Crippen LogP contribution in [0.2, 0.25) is 0 Å². The SMILES string of the molecule is CNc1cncc(C(=O)NC2CCCC(C)C2C)n1. The number of carbonyl (C=O) groups is 1. The number of carbonyl (C=O) groups excluding carboxylic acids is 1. The second-order valence-corrected chi connectivity index (χ2v) is 5.39. The summed E-state index contributed by atoms with van der Waals surface area (Å²) in [6.45, 7) is 4.47. The highest BCUT2D eigenvalue weighted by Crippen LogP contribution is 2.29. The number of hydrogen-bond acceptors (Lipinski definition) is 4. The van der Waals surface area contributed by atoms with Gasteiger partial charge >= 0.3 is 0 Å². The zero-order valence-electron chi connectivity index (χ0n) is 11.8. The highest BCUT2D eigenvalue weighted by molar-refractivity contribution is 5.92. The summed E-state index contributed by atoms with van der Waals surface area (Å²) in [5.74, 6) is 1.65. The van der Waals surface area contributed by atoms with Crippen LogP contribution in [0.15, 0.2) is 12.4 Å². The Hall–Kier alpha value is -1.65. The molecule has 5 heteroatoms. The van der Waals surface area contributed by atoms with E-state index in [4.69, 9.17) is 0 Å². The number of rotatable bonds is 3. The van der Waals surface area contributed by atoms with E-state index in [-0.39, 0.29) is 11.9 Å². The number of amides is 1. The van der Waals surface area contributed by atoms with Gasteiger partial charge in [-0.25, -0.2) is 4.98 Å². The first-order valence-electron chi connectivity index (χ1n) is 6.92. The van der Waals surface area contributed by atoms with E-state index < -0.39 is 0 Å². The molecule has 1 heterocycles. The van der Waals surface area contributed by atoms with Crippen molar-refractivity contribution < 1.29 is 4.79 Å². The van der Waals surface area contributed by atoms with Gasteiger partial charge in [-0.05, 0) is 18.3 Å². The van der Waals surface area contributed by atoms with Crippen LogP contribution in [-0.4, -0.2) is 29.0 Å². The first-order valence-corrected chi connectivity index (χ1v) is 6.92. The van der Waals surface area contributed by atoms with E-state index in [2.05, 4.69) is 34.4 Å². The Morgan fingerprint density at radius 3 is 2.84 bits per heavy atom. The van der Waals surface area contributed by atoms with Crippen LogP contribution in [0.25, 0.3) is 0 Å². The Morgan fingerprint density at radius 1 is 1.32 bits per heavy atom. The quantitative estimate of drug-likeness (QED) is 0.875. The molecular formula is C14H22N4O. The molecule has 0 aromatic carbocycles. The van der Waals surface area contributed by atoms with Crippen molar-refractivity contribution >= 4 is 11.7 Å². The molecule has 3 atom stereocenters. The van der Waals surface area contributed by atoms with Crippen LogP contribution in [0.3, 0.4) is 0 Å². The van der Waals surface area contributed by atoms with Crippen molar-refractivity contribution in [3.63, 3.8) is 0 Å². The van der Waals surface area contributed by atoms with E-state index in [9.17, 15) is 4.79 Å². The van der Waals surface area contributed by atoms with E-state index in [0.29, 0.717) is 23.3 Å². The lowest BCUT2D eigenvalue weighted by atomic mass is 9.78. The minimum Gasteiger partial charge on any atom is -0.372 e. The zero-order valence-corrected chi connectivity index (χ0v) is 11.8. The smallest absolute Gasteiger partial charge is 0.271 e. The third-order valence-corrected chi connectivity index (χ3v) is 4.15. The highest BCUT2D eigenvalue weighted by atomic mass is 16.1. The van der Waals surface area contributed by atoms with Crippen molar-refractivity contribution in [1.29, 1.82) is 0 Å². The van der Waals surface area contributed by atoms with Crippen LogP contribution in [0.5, 0.6) is 0 Å². The number of anilines is 1. The molecular weight excluding hydrogens is 240 g/mol. The fourth-order valence-electron chi connectivity index (χ4n) is 2.62. The lowest BCUT2D eigenvalue weighted by Gasteiger charge is -2.34. The molecule has 0 radical (unpaired) electrons. The van der Waals surface area contributed by atoms with Crippen molar-refractivity contribution in [1.82, 2.24) is 15.3 Å². The molecule has 2 N–H and O–H groups in total. The number of nitrogens with one attached hydrogen (secondary N) is 2. The Labute approximate surface area is 114 Å². The molecule has 1 amide bonds. The average molecular weight is 262 g/mol. The standard InChI is InChI=1S/C14H22N4O/c1-9-5-4-6-11(10(9)2)18-14(19)12-7-16-8-13(15-3)17-12/h7-11H,4-6H2,1-3H3,(H,15,17)(H,18,19). The normalized spacial score (nSPS) is 26.8. The van der Waals surface area contributed by atoms with Gasteiger partial charge in [0.2, 0.25) is 0 Å². The predicted molar refractivity (Wildman–Crippen MR) is 75.0 cm³/mol. The van der Waals surface area contributed by atoms with Gasteiger partial charge < -0.3 is 10.6 Å². The van der Waals surface area contributed by atoms with Crippen molar-refractivity contribution in [3.8, 4) is 0 Å². The fourth-order valence-corrected chi connectivity index (χ4v) is 2.62. The van der Waals surface area contributed by atoms with Gasteiger partial charge in [0.25, 0.3) is 5.91 Å². The summed E-state index contributed by atoms with van der Waals surface area (Å²) in [6.07, 6.45) is 6.59. The van der Waals surface area contributed by atoms with E-state index >= 15 is 0 Å². The number of hydrogen-bond donors (Lipinski definition) is 2. The van der Waals surface area contributed by atoms with E-state index in [1.807, 2.05) is 0 Å². The molecule has 1 aromatic rings. The lowest BCUT2D eigenvalue weighted by Crippen LogP contribution is -2.44. The van der Waals surface area contributed by atoms with Crippen LogP contribution >= 0.6 is 0 Å². The number of aromatic nitrogens is 2. The van der Waals surface area contributed by atoms with Gasteiger partial charge in [-0.15, -0.1) is 0 Å². The van der Waals surface area contributed by atoms with Gasteiger partial charge in [0.15, 0.2) is 0 Å². The maximum absolute atomic E-state index is 12.2. The monoisotopic (exact) mass is 262 g/mol. The summed E-state index contributed by atoms with van der Waals surface area (Å²) >= 11 is 0. The maximum atomic E-state index is 12.2. The minimum absolute atomic E-state index is 0.129. The van der Waals surface area contributed by atoms with Gasteiger partial charge in [-0.2, -0.15) is 0 Å². The van der Waals surface area contributed by atoms with Gasteiger partial charge in [-0.1, -0.05) is 26.7 Å². The van der Waals surface area contributed by atoms with Crippen molar-refractivity contribution in [2.75, 3.05) is 12.4 Å². The summed E-state index contributed by atoms with van der Waals surface area (Å²) in [6, 6.07) is 0.247. The largest absolute Gasteiger partial charge is 0.372 e. The molecule has 1 saturated carbocycles. The van der Waals surface area contributed by atoms with Crippen LogP contribution in [-0.2, 0) is 0 Å². The van der Waals surface area contributed by atoms with Crippen molar-refractivity contribution in [2.45, 2.75) is 39.2 Å². The third-order valence-electron chi connectivity index (χ3n) is 4.15. The maximum Gasteiger partial charge on any atom is 0.271 e. The summed E-state index contributed by atoms with van der Waals surface area (Å²) < 4.78 is 0. The van der Waals surface area contributed by atoms with Crippen LogP contribution < -0.4 is 10.6 Å². The van der Waals surface area contributed by atoms with E-state index in [0.717, 1.165) is 6.42 Å². The predicted octanol–water partition coefficient (Wildman–Crippen LogP) is 2.07. The highest BCUT2D eigenvalue weighted by Gasteiger charge is 2.28. The van der Waals surface area contributed by atoms with E-state index in [1.54, 1.807) is 13.2 Å². The van der Waals surface area contributed by atoms with Gasteiger partial charge in [0.05, 0.1) is 12.4 Å². The molecule has 0 bridgehead atoms. The molecule has 0 spiro atoms. The first kappa shape index (κ1) is 13.8. The second kappa shape index (κ2) is 5.99. The molecule has 1 aromatic heterocycles. The van der Waals surface area contributed by atoms with Gasteiger partial charge in [0, 0.05) is 13.1 Å². The van der Waals surface area contributed by atoms with E-state index in [1.165, 1.54) is 19.0 Å². The Kier molecular flexibility index (Phi) is 4.35. The summed E-state index contributed by atoms with van der Waals surface area (Å²) in [5, 5.41) is 5.99. The van der Waals surface area contributed by atoms with Crippen LogP contribution in [0.4, 0.5) is 5.82 Å². The van der Waals surface area contributed by atoms with Crippen molar-refractivity contribution in [2.24, 2.45) is 11.8 Å². The minimum atomic E-state index is -0.129. The Bertz CT molecular complexity index is 449. The summed E-state index contributed by atoms with van der Waals surface area (Å²) in [7, 11) is 1.76. The third kappa shape index (κ3) is 3.22.